The van der Waals surface area contributed by atoms with E-state index in [0.717, 1.165) is 25.2 Å². The molecule has 2 aromatic rings. The Bertz CT molecular complexity index is 766. The smallest absolute Gasteiger partial charge is 0.252 e. The third-order valence-corrected chi connectivity index (χ3v) is 4.54. The number of guanidine groups is 1. The number of fused-ring (bicyclic) bond motifs is 1. The van der Waals surface area contributed by atoms with Gasteiger partial charge in [-0.25, -0.2) is 0 Å². The number of aliphatic imine (C=N–C) groups is 1. The van der Waals surface area contributed by atoms with E-state index in [2.05, 4.69) is 50.2 Å². The molecule has 0 bridgehead atoms. The molecule has 3 N–H and O–H groups in total. The van der Waals surface area contributed by atoms with E-state index < -0.39 is 0 Å². The van der Waals surface area contributed by atoms with Gasteiger partial charge in [0, 0.05) is 38.6 Å². The van der Waals surface area contributed by atoms with Gasteiger partial charge in [0.25, 0.3) is 5.91 Å². The van der Waals surface area contributed by atoms with E-state index in [1.54, 1.807) is 31.6 Å². The van der Waals surface area contributed by atoms with Crippen LogP contribution in [0.5, 0.6) is 0 Å². The molecule has 1 aliphatic rings. The highest BCUT2D eigenvalue weighted by molar-refractivity contribution is 14.0. The zero-order valence-corrected chi connectivity index (χ0v) is 17.8. The molecule has 0 radical (unpaired) electrons. The molecule has 1 amide bonds. The molecule has 1 aromatic carbocycles. The molecule has 1 atom stereocenters. The summed E-state index contributed by atoms with van der Waals surface area (Å²) in [5, 5.41) is 9.61. The minimum atomic E-state index is -0.119. The number of benzene rings is 1. The van der Waals surface area contributed by atoms with Crippen LogP contribution in [0.25, 0.3) is 0 Å². The molecule has 1 unspecified atom stereocenters. The normalized spacial score (nSPS) is 15.9. The Kier molecular flexibility index (Phi) is 8.50. The molecule has 1 aliphatic carbocycles. The maximum absolute atomic E-state index is 12.0. The lowest BCUT2D eigenvalue weighted by Crippen LogP contribution is -2.47. The first-order valence-corrected chi connectivity index (χ1v) is 8.98. The van der Waals surface area contributed by atoms with E-state index in [1.165, 1.54) is 11.1 Å². The minimum Gasteiger partial charge on any atom is -0.355 e. The third kappa shape index (κ3) is 6.20. The predicted octanol–water partition coefficient (Wildman–Crippen LogP) is 2.15. The monoisotopic (exact) mass is 479 g/mol. The molecular weight excluding hydrogens is 453 g/mol. The maximum atomic E-state index is 12.0. The summed E-state index contributed by atoms with van der Waals surface area (Å²) in [5.74, 6) is 0.650. The Morgan fingerprint density at radius 2 is 1.93 bits per heavy atom. The van der Waals surface area contributed by atoms with E-state index >= 15 is 0 Å². The van der Waals surface area contributed by atoms with Crippen LogP contribution in [0.2, 0.25) is 0 Å². The zero-order chi connectivity index (χ0) is 18.2. The van der Waals surface area contributed by atoms with Crippen LogP contribution in [-0.2, 0) is 12.8 Å². The van der Waals surface area contributed by atoms with E-state index in [1.807, 2.05) is 0 Å². The molecule has 1 aromatic heterocycles. The fraction of sp³-hybridized carbons (Fsp3) is 0.350. The third-order valence-electron chi connectivity index (χ3n) is 4.54. The Balaban J connectivity index is 0.00000261. The lowest BCUT2D eigenvalue weighted by atomic mass is 9.88. The minimum absolute atomic E-state index is 0. The second-order valence-corrected chi connectivity index (χ2v) is 6.35. The van der Waals surface area contributed by atoms with Crippen molar-refractivity contribution < 1.29 is 4.79 Å². The summed E-state index contributed by atoms with van der Waals surface area (Å²) in [6, 6.07) is 12.5. The van der Waals surface area contributed by atoms with Crippen LogP contribution in [0.15, 0.2) is 53.8 Å². The largest absolute Gasteiger partial charge is 0.355 e. The second kappa shape index (κ2) is 10.9. The summed E-state index contributed by atoms with van der Waals surface area (Å²) < 4.78 is 0. The van der Waals surface area contributed by atoms with Gasteiger partial charge in [-0.1, -0.05) is 24.3 Å². The number of aryl methyl sites for hydroxylation is 1. The molecule has 6 nitrogen and oxygen atoms in total. The lowest BCUT2D eigenvalue weighted by Gasteiger charge is -2.27. The molecule has 0 fully saturated rings. The summed E-state index contributed by atoms with van der Waals surface area (Å²) in [6.45, 7) is 1.12. The van der Waals surface area contributed by atoms with Crippen LogP contribution in [0.4, 0.5) is 0 Å². The van der Waals surface area contributed by atoms with E-state index in [0.29, 0.717) is 24.7 Å². The highest BCUT2D eigenvalue weighted by Gasteiger charge is 2.18. The number of hydrogen-bond acceptors (Lipinski definition) is 3. The topological polar surface area (TPSA) is 78.4 Å². The average molecular weight is 479 g/mol. The van der Waals surface area contributed by atoms with Crippen LogP contribution >= 0.6 is 24.0 Å². The van der Waals surface area contributed by atoms with Crippen LogP contribution < -0.4 is 16.0 Å². The number of aromatic nitrogens is 1. The zero-order valence-electron chi connectivity index (χ0n) is 15.4. The Morgan fingerprint density at radius 1 is 1.15 bits per heavy atom. The molecule has 0 saturated heterocycles. The molecule has 7 heteroatoms. The van der Waals surface area contributed by atoms with E-state index in [4.69, 9.17) is 0 Å². The fourth-order valence-corrected chi connectivity index (χ4v) is 3.17. The number of rotatable bonds is 5. The summed E-state index contributed by atoms with van der Waals surface area (Å²) in [4.78, 5) is 20.2. The lowest BCUT2D eigenvalue weighted by molar-refractivity contribution is 0.0954. The van der Waals surface area contributed by atoms with Gasteiger partial charge in [0.05, 0.1) is 5.56 Å². The molecule has 0 aliphatic heterocycles. The highest BCUT2D eigenvalue weighted by Crippen LogP contribution is 2.20. The second-order valence-electron chi connectivity index (χ2n) is 6.35. The number of amides is 1. The molecule has 3 rings (SSSR count). The van der Waals surface area contributed by atoms with Gasteiger partial charge in [0.2, 0.25) is 0 Å². The van der Waals surface area contributed by atoms with Gasteiger partial charge in [-0.15, -0.1) is 24.0 Å². The molecule has 0 spiro atoms. The van der Waals surface area contributed by atoms with Crippen molar-refractivity contribution in [2.24, 2.45) is 4.99 Å². The highest BCUT2D eigenvalue weighted by atomic mass is 127. The number of nitrogens with zero attached hydrogens (tertiary/aromatic N) is 2. The SMILES string of the molecule is CN=C(NCCNC(=O)c1cccnc1)NC1CCc2ccccc2C1.I. The first kappa shape index (κ1) is 21.1. The quantitative estimate of drug-likeness (QED) is 0.266. The van der Waals surface area contributed by atoms with Crippen LogP contribution in [0.1, 0.15) is 27.9 Å². The van der Waals surface area contributed by atoms with Crippen LogP contribution in [0.3, 0.4) is 0 Å². The molecular formula is C20H26IN5O. The summed E-state index contributed by atoms with van der Waals surface area (Å²) in [5.41, 5.74) is 3.43. The van der Waals surface area contributed by atoms with Crippen molar-refractivity contribution in [3.05, 3.63) is 65.5 Å². The fourth-order valence-electron chi connectivity index (χ4n) is 3.17. The Labute approximate surface area is 177 Å². The van der Waals surface area contributed by atoms with Crippen molar-refractivity contribution in [2.45, 2.75) is 25.3 Å². The van der Waals surface area contributed by atoms with Crippen molar-refractivity contribution in [3.8, 4) is 0 Å². The summed E-state index contributed by atoms with van der Waals surface area (Å²) >= 11 is 0. The molecule has 0 saturated carbocycles. The van der Waals surface area contributed by atoms with Gasteiger partial charge >= 0.3 is 0 Å². The average Bonchev–Trinajstić information content (AvgIpc) is 2.70. The molecule has 1 heterocycles. The van der Waals surface area contributed by atoms with Crippen molar-refractivity contribution >= 4 is 35.8 Å². The van der Waals surface area contributed by atoms with Crippen molar-refractivity contribution in [3.63, 3.8) is 0 Å². The number of hydrogen-bond donors (Lipinski definition) is 3. The molecule has 144 valence electrons. The van der Waals surface area contributed by atoms with Gasteiger partial charge in [-0.3, -0.25) is 14.8 Å². The number of pyridine rings is 1. The summed E-state index contributed by atoms with van der Waals surface area (Å²) in [6.07, 6.45) is 6.40. The first-order chi connectivity index (χ1) is 12.8. The van der Waals surface area contributed by atoms with E-state index in [-0.39, 0.29) is 29.9 Å². The van der Waals surface area contributed by atoms with Crippen molar-refractivity contribution in [1.29, 1.82) is 0 Å². The Morgan fingerprint density at radius 3 is 2.67 bits per heavy atom. The first-order valence-electron chi connectivity index (χ1n) is 8.98. The van der Waals surface area contributed by atoms with Gasteiger partial charge in [0.15, 0.2) is 5.96 Å². The number of carbonyl (C=O) groups excluding carboxylic acids is 1. The van der Waals surface area contributed by atoms with E-state index in [9.17, 15) is 4.79 Å². The summed E-state index contributed by atoms with van der Waals surface area (Å²) in [7, 11) is 1.76. The van der Waals surface area contributed by atoms with Gasteiger partial charge in [0.1, 0.15) is 0 Å². The maximum Gasteiger partial charge on any atom is 0.252 e. The van der Waals surface area contributed by atoms with Crippen LogP contribution in [0, 0.1) is 0 Å². The molecule has 27 heavy (non-hydrogen) atoms. The van der Waals surface area contributed by atoms with Gasteiger partial charge < -0.3 is 16.0 Å². The van der Waals surface area contributed by atoms with Crippen molar-refractivity contribution in [2.75, 3.05) is 20.1 Å². The number of halogens is 1. The standard InChI is InChI=1S/C20H25N5O.HI/c1-21-20(24-12-11-23-19(26)17-7-4-10-22-14-17)25-18-9-8-15-5-2-3-6-16(15)13-18;/h2-7,10,14,18H,8-9,11-13H2,1H3,(H,23,26)(H2,21,24,25);1H. The Hall–Kier alpha value is -2.16. The van der Waals surface area contributed by atoms with Gasteiger partial charge in [-0.05, 0) is 42.5 Å². The predicted molar refractivity (Wildman–Crippen MR) is 119 cm³/mol. The number of nitrogens with one attached hydrogen (secondary N) is 3. The van der Waals surface area contributed by atoms with Crippen LogP contribution in [-0.4, -0.2) is 43.0 Å². The van der Waals surface area contributed by atoms with Crippen molar-refractivity contribution in [1.82, 2.24) is 20.9 Å². The van der Waals surface area contributed by atoms with Gasteiger partial charge in [-0.2, -0.15) is 0 Å². The number of carbonyl (C=O) groups is 1.